The van der Waals surface area contributed by atoms with Crippen LogP contribution < -0.4 is 16.0 Å². The highest BCUT2D eigenvalue weighted by atomic mass is 19.2. The van der Waals surface area contributed by atoms with Gasteiger partial charge in [0.2, 0.25) is 11.8 Å². The van der Waals surface area contributed by atoms with Crippen molar-refractivity contribution in [1.82, 2.24) is 10.6 Å². The van der Waals surface area contributed by atoms with E-state index in [4.69, 9.17) is 0 Å². The summed E-state index contributed by atoms with van der Waals surface area (Å²) < 4.78 is 39.4. The van der Waals surface area contributed by atoms with Gasteiger partial charge in [0.15, 0.2) is 17.5 Å². The first-order valence-corrected chi connectivity index (χ1v) is 8.24. The average Bonchev–Trinajstić information content (AvgIpc) is 2.67. The number of halogens is 3. The predicted octanol–water partition coefficient (Wildman–Crippen LogP) is 2.21. The van der Waals surface area contributed by atoms with Crippen LogP contribution in [-0.4, -0.2) is 30.8 Å². The molecule has 0 spiro atoms. The Morgan fingerprint density at radius 1 is 0.821 bits per heavy atom. The molecule has 2 aromatic rings. The Morgan fingerprint density at radius 3 is 2.18 bits per heavy atom. The number of rotatable bonds is 6. The third kappa shape index (κ3) is 5.32. The van der Waals surface area contributed by atoms with Gasteiger partial charge in [0, 0.05) is 5.56 Å². The van der Waals surface area contributed by atoms with Crippen molar-refractivity contribution >= 4 is 23.4 Å². The smallest absolute Gasteiger partial charge is 0.251 e. The molecule has 0 unspecified atom stereocenters. The van der Waals surface area contributed by atoms with Crippen LogP contribution in [0.15, 0.2) is 30.3 Å². The first-order valence-electron chi connectivity index (χ1n) is 8.24. The fourth-order valence-electron chi connectivity index (χ4n) is 2.20. The van der Waals surface area contributed by atoms with Crippen LogP contribution in [0, 0.1) is 31.3 Å². The first kappa shape index (κ1) is 20.9. The maximum atomic E-state index is 13.5. The summed E-state index contributed by atoms with van der Waals surface area (Å²) >= 11 is 0. The fourth-order valence-corrected chi connectivity index (χ4v) is 2.20. The maximum Gasteiger partial charge on any atom is 0.251 e. The number of carbonyl (C=O) groups excluding carboxylic acids is 3. The van der Waals surface area contributed by atoms with Gasteiger partial charge < -0.3 is 16.0 Å². The van der Waals surface area contributed by atoms with Crippen molar-refractivity contribution in [2.75, 3.05) is 18.4 Å². The van der Waals surface area contributed by atoms with Gasteiger partial charge in [-0.15, -0.1) is 0 Å². The summed E-state index contributed by atoms with van der Waals surface area (Å²) in [5.41, 5.74) is 1.79. The summed E-state index contributed by atoms with van der Waals surface area (Å²) in [6.07, 6.45) is 0. The second-order valence-corrected chi connectivity index (χ2v) is 6.03. The summed E-state index contributed by atoms with van der Waals surface area (Å²) in [4.78, 5) is 35.4. The Morgan fingerprint density at radius 2 is 1.50 bits per heavy atom. The van der Waals surface area contributed by atoms with E-state index in [-0.39, 0.29) is 6.54 Å². The van der Waals surface area contributed by atoms with Gasteiger partial charge in [-0.1, -0.05) is 6.07 Å². The summed E-state index contributed by atoms with van der Waals surface area (Å²) in [5.74, 6) is -6.59. The number of aryl methyl sites for hydroxylation is 2. The number of hydrogen-bond acceptors (Lipinski definition) is 3. The molecule has 148 valence electrons. The zero-order chi connectivity index (χ0) is 20.8. The molecule has 2 aromatic carbocycles. The van der Waals surface area contributed by atoms with E-state index in [1.807, 2.05) is 19.2 Å². The lowest BCUT2D eigenvalue weighted by Gasteiger charge is -2.09. The summed E-state index contributed by atoms with van der Waals surface area (Å²) in [6.45, 7) is 2.84. The second-order valence-electron chi connectivity index (χ2n) is 6.03. The van der Waals surface area contributed by atoms with E-state index in [1.54, 1.807) is 18.2 Å². The van der Waals surface area contributed by atoms with Crippen LogP contribution in [0.5, 0.6) is 0 Å². The molecule has 0 saturated carbocycles. The fraction of sp³-hybridized carbons (Fsp3) is 0.211. The van der Waals surface area contributed by atoms with E-state index < -0.39 is 47.4 Å². The highest BCUT2D eigenvalue weighted by Crippen LogP contribution is 2.19. The van der Waals surface area contributed by atoms with Gasteiger partial charge in [0.05, 0.1) is 18.8 Å². The maximum absolute atomic E-state index is 13.5. The SMILES string of the molecule is Cc1ccc(C(=O)NCC(=O)NCC(=O)Nc2ccc(F)c(F)c2F)cc1C. The summed E-state index contributed by atoms with van der Waals surface area (Å²) in [5, 5.41) is 6.64. The standard InChI is InChI=1S/C19H18F3N3O3/c1-10-3-4-12(7-11(10)2)19(28)24-8-15(26)23-9-16(27)25-14-6-5-13(20)17(21)18(14)22/h3-7H,8-9H2,1-2H3,(H,23,26)(H,24,28)(H,25,27). The number of anilines is 1. The van der Waals surface area contributed by atoms with Crippen molar-refractivity contribution < 1.29 is 27.6 Å². The number of benzene rings is 2. The lowest BCUT2D eigenvalue weighted by Crippen LogP contribution is -2.40. The lowest BCUT2D eigenvalue weighted by atomic mass is 10.1. The molecular formula is C19H18F3N3O3. The zero-order valence-electron chi connectivity index (χ0n) is 15.2. The van der Waals surface area contributed by atoms with Crippen LogP contribution in [0.2, 0.25) is 0 Å². The van der Waals surface area contributed by atoms with Gasteiger partial charge in [-0.2, -0.15) is 0 Å². The van der Waals surface area contributed by atoms with E-state index in [0.717, 1.165) is 17.2 Å². The Bertz CT molecular complexity index is 932. The van der Waals surface area contributed by atoms with Gasteiger partial charge in [-0.3, -0.25) is 14.4 Å². The average molecular weight is 393 g/mol. The minimum absolute atomic E-state index is 0.376. The van der Waals surface area contributed by atoms with Gasteiger partial charge in [-0.05, 0) is 49.2 Å². The molecule has 0 heterocycles. The van der Waals surface area contributed by atoms with Crippen LogP contribution in [0.3, 0.4) is 0 Å². The quantitative estimate of drug-likeness (QED) is 0.658. The molecule has 0 saturated heterocycles. The molecule has 0 aliphatic carbocycles. The van der Waals surface area contributed by atoms with Crippen LogP contribution in [0.4, 0.5) is 18.9 Å². The van der Waals surface area contributed by atoms with Gasteiger partial charge in [0.25, 0.3) is 5.91 Å². The predicted molar refractivity (Wildman–Crippen MR) is 96.2 cm³/mol. The Hall–Kier alpha value is -3.36. The van der Waals surface area contributed by atoms with Crippen LogP contribution in [-0.2, 0) is 9.59 Å². The number of nitrogens with one attached hydrogen (secondary N) is 3. The first-order chi connectivity index (χ1) is 13.2. The molecule has 28 heavy (non-hydrogen) atoms. The Labute approximate surface area is 159 Å². The Balaban J connectivity index is 1.80. The molecular weight excluding hydrogens is 375 g/mol. The second kappa shape index (κ2) is 9.03. The van der Waals surface area contributed by atoms with Gasteiger partial charge in [0.1, 0.15) is 0 Å². The highest BCUT2D eigenvalue weighted by molar-refractivity contribution is 5.98. The molecule has 9 heteroatoms. The third-order valence-electron chi connectivity index (χ3n) is 3.93. The van der Waals surface area contributed by atoms with Crippen LogP contribution in [0.1, 0.15) is 21.5 Å². The van der Waals surface area contributed by atoms with E-state index in [0.29, 0.717) is 11.6 Å². The van der Waals surface area contributed by atoms with Crippen LogP contribution >= 0.6 is 0 Å². The molecule has 0 aliphatic heterocycles. The van der Waals surface area contributed by atoms with Crippen molar-refractivity contribution in [3.8, 4) is 0 Å². The lowest BCUT2D eigenvalue weighted by molar-refractivity contribution is -0.123. The minimum Gasteiger partial charge on any atom is -0.345 e. The minimum atomic E-state index is -1.71. The molecule has 6 nitrogen and oxygen atoms in total. The molecule has 3 N–H and O–H groups in total. The number of carbonyl (C=O) groups is 3. The molecule has 3 amide bonds. The third-order valence-corrected chi connectivity index (χ3v) is 3.93. The summed E-state index contributed by atoms with van der Waals surface area (Å²) in [6, 6.07) is 6.62. The van der Waals surface area contributed by atoms with Crippen molar-refractivity contribution in [1.29, 1.82) is 0 Å². The van der Waals surface area contributed by atoms with Crippen molar-refractivity contribution in [2.45, 2.75) is 13.8 Å². The van der Waals surface area contributed by atoms with E-state index in [9.17, 15) is 27.6 Å². The molecule has 2 rings (SSSR count). The highest BCUT2D eigenvalue weighted by Gasteiger charge is 2.16. The molecule has 0 radical (unpaired) electrons. The van der Waals surface area contributed by atoms with E-state index >= 15 is 0 Å². The normalized spacial score (nSPS) is 10.3. The van der Waals surface area contributed by atoms with Gasteiger partial charge in [-0.25, -0.2) is 13.2 Å². The van der Waals surface area contributed by atoms with E-state index in [1.165, 1.54) is 0 Å². The molecule has 0 atom stereocenters. The summed E-state index contributed by atoms with van der Waals surface area (Å²) in [7, 11) is 0. The molecule has 0 bridgehead atoms. The van der Waals surface area contributed by atoms with Crippen molar-refractivity contribution in [2.24, 2.45) is 0 Å². The number of amides is 3. The number of hydrogen-bond donors (Lipinski definition) is 3. The van der Waals surface area contributed by atoms with Crippen molar-refractivity contribution in [3.05, 3.63) is 64.5 Å². The van der Waals surface area contributed by atoms with Crippen LogP contribution in [0.25, 0.3) is 0 Å². The van der Waals surface area contributed by atoms with Gasteiger partial charge >= 0.3 is 0 Å². The zero-order valence-corrected chi connectivity index (χ0v) is 15.2. The Kier molecular flexibility index (Phi) is 6.75. The molecule has 0 fully saturated rings. The largest absolute Gasteiger partial charge is 0.345 e. The monoisotopic (exact) mass is 393 g/mol. The molecule has 0 aromatic heterocycles. The molecule has 0 aliphatic rings. The van der Waals surface area contributed by atoms with E-state index in [2.05, 4.69) is 10.6 Å². The topological polar surface area (TPSA) is 87.3 Å². The van der Waals surface area contributed by atoms with Crippen molar-refractivity contribution in [3.63, 3.8) is 0 Å².